The van der Waals surface area contributed by atoms with Crippen LogP contribution in [-0.2, 0) is 6.54 Å². The molecule has 3 nitrogen and oxygen atoms in total. The molecular weight excluding hydrogens is 218 g/mol. The van der Waals surface area contributed by atoms with Gasteiger partial charge < -0.3 is 10.3 Å². The first-order chi connectivity index (χ1) is 7.74. The first-order valence-corrected chi connectivity index (χ1v) is 7.23. The van der Waals surface area contributed by atoms with Crippen LogP contribution in [0.4, 0.5) is 0 Å². The third-order valence-corrected chi connectivity index (χ3v) is 4.88. The van der Waals surface area contributed by atoms with Crippen molar-refractivity contribution in [3.63, 3.8) is 0 Å². The molecule has 0 saturated heterocycles. The lowest BCUT2D eigenvalue weighted by atomic mass is 10.1. The Bertz CT molecular complexity index is 329. The highest BCUT2D eigenvalue weighted by Crippen LogP contribution is 2.39. The molecule has 2 rings (SSSR count). The molecule has 0 aromatic carbocycles. The van der Waals surface area contributed by atoms with E-state index in [9.17, 15) is 0 Å². The number of rotatable bonds is 5. The number of hydrogen-bond acceptors (Lipinski definition) is 3. The van der Waals surface area contributed by atoms with Gasteiger partial charge in [-0.05, 0) is 26.0 Å². The summed E-state index contributed by atoms with van der Waals surface area (Å²) < 4.78 is 0.495. The van der Waals surface area contributed by atoms with Crippen LogP contribution in [0.5, 0.6) is 0 Å². The number of nitrogens with one attached hydrogen (secondary N) is 2. The van der Waals surface area contributed by atoms with Crippen molar-refractivity contribution in [1.82, 2.24) is 15.3 Å². The van der Waals surface area contributed by atoms with E-state index < -0.39 is 0 Å². The molecule has 0 unspecified atom stereocenters. The Morgan fingerprint density at radius 3 is 2.81 bits per heavy atom. The fourth-order valence-corrected chi connectivity index (χ4v) is 3.40. The number of nitrogens with zero attached hydrogens (tertiary/aromatic N) is 1. The van der Waals surface area contributed by atoms with Crippen molar-refractivity contribution >= 4 is 11.8 Å². The maximum atomic E-state index is 4.20. The number of H-pyrrole nitrogens is 1. The minimum atomic E-state index is 0.495. The average molecular weight is 239 g/mol. The molecule has 4 heteroatoms. The van der Waals surface area contributed by atoms with E-state index in [-0.39, 0.29) is 0 Å². The molecule has 0 atom stereocenters. The third-order valence-electron chi connectivity index (χ3n) is 3.47. The van der Waals surface area contributed by atoms with Crippen molar-refractivity contribution < 1.29 is 0 Å². The van der Waals surface area contributed by atoms with Crippen LogP contribution in [0.2, 0.25) is 0 Å². The summed E-state index contributed by atoms with van der Waals surface area (Å²) in [7, 11) is 0. The van der Waals surface area contributed by atoms with E-state index in [1.807, 2.05) is 24.9 Å². The highest BCUT2D eigenvalue weighted by molar-refractivity contribution is 8.00. The van der Waals surface area contributed by atoms with Gasteiger partial charge in [0.2, 0.25) is 0 Å². The smallest absolute Gasteiger partial charge is 0.103 e. The molecule has 1 aliphatic rings. The number of thioether (sulfide) groups is 1. The van der Waals surface area contributed by atoms with Gasteiger partial charge in [-0.2, -0.15) is 11.8 Å². The molecule has 0 aliphatic heterocycles. The maximum absolute atomic E-state index is 4.20. The minimum Gasteiger partial charge on any atom is -0.345 e. The van der Waals surface area contributed by atoms with E-state index in [1.165, 1.54) is 31.4 Å². The summed E-state index contributed by atoms with van der Waals surface area (Å²) in [5.41, 5.74) is 1.19. The Morgan fingerprint density at radius 2 is 2.25 bits per heavy atom. The number of aromatic amines is 1. The zero-order valence-electron chi connectivity index (χ0n) is 10.2. The Balaban J connectivity index is 1.78. The molecule has 2 N–H and O–H groups in total. The van der Waals surface area contributed by atoms with Crippen LogP contribution < -0.4 is 5.32 Å². The zero-order valence-corrected chi connectivity index (χ0v) is 11.0. The summed E-state index contributed by atoms with van der Waals surface area (Å²) in [6.07, 6.45) is 9.68. The van der Waals surface area contributed by atoms with Crippen LogP contribution in [0, 0.1) is 6.92 Å². The monoisotopic (exact) mass is 239 g/mol. The molecule has 0 amide bonds. The lowest BCUT2D eigenvalue weighted by Gasteiger charge is -2.26. The molecule has 16 heavy (non-hydrogen) atoms. The summed E-state index contributed by atoms with van der Waals surface area (Å²) in [6.45, 7) is 4.01. The quantitative estimate of drug-likeness (QED) is 0.829. The Morgan fingerprint density at radius 1 is 1.50 bits per heavy atom. The van der Waals surface area contributed by atoms with Crippen molar-refractivity contribution in [3.05, 3.63) is 17.7 Å². The largest absolute Gasteiger partial charge is 0.345 e. The zero-order chi connectivity index (χ0) is 11.4. The van der Waals surface area contributed by atoms with Crippen molar-refractivity contribution in [2.45, 2.75) is 43.9 Å². The molecule has 90 valence electrons. The molecule has 1 aromatic rings. The summed E-state index contributed by atoms with van der Waals surface area (Å²) in [6, 6.07) is 0. The van der Waals surface area contributed by atoms with Crippen molar-refractivity contribution in [3.8, 4) is 0 Å². The Labute approximate surface area is 102 Å². The minimum absolute atomic E-state index is 0.495. The Hall–Kier alpha value is -0.480. The van der Waals surface area contributed by atoms with E-state index in [0.717, 1.165) is 18.9 Å². The summed E-state index contributed by atoms with van der Waals surface area (Å²) in [4.78, 5) is 7.46. The van der Waals surface area contributed by atoms with Gasteiger partial charge in [-0.1, -0.05) is 12.8 Å². The van der Waals surface area contributed by atoms with Crippen LogP contribution in [0.25, 0.3) is 0 Å². The lowest BCUT2D eigenvalue weighted by Crippen LogP contribution is -2.34. The van der Waals surface area contributed by atoms with E-state index in [2.05, 4.69) is 21.5 Å². The predicted octanol–water partition coefficient (Wildman–Crippen LogP) is 2.48. The van der Waals surface area contributed by atoms with E-state index in [0.29, 0.717) is 4.75 Å². The van der Waals surface area contributed by atoms with Crippen LogP contribution >= 0.6 is 11.8 Å². The molecule has 1 aliphatic carbocycles. The van der Waals surface area contributed by atoms with Gasteiger partial charge in [-0.15, -0.1) is 0 Å². The SMILES string of the molecule is CSC1(CNCc2cnc(C)[nH]2)CCCC1. The van der Waals surface area contributed by atoms with Crippen molar-refractivity contribution in [2.24, 2.45) is 0 Å². The summed E-state index contributed by atoms with van der Waals surface area (Å²) in [5, 5.41) is 3.56. The van der Waals surface area contributed by atoms with Gasteiger partial charge >= 0.3 is 0 Å². The van der Waals surface area contributed by atoms with Crippen molar-refractivity contribution in [2.75, 3.05) is 12.8 Å². The molecule has 0 bridgehead atoms. The number of hydrogen-bond donors (Lipinski definition) is 2. The topological polar surface area (TPSA) is 40.7 Å². The van der Waals surface area contributed by atoms with E-state index in [4.69, 9.17) is 0 Å². The Kier molecular flexibility index (Phi) is 3.92. The van der Waals surface area contributed by atoms with Crippen LogP contribution in [-0.4, -0.2) is 27.5 Å². The maximum Gasteiger partial charge on any atom is 0.103 e. The fourth-order valence-electron chi connectivity index (χ4n) is 2.46. The van der Waals surface area contributed by atoms with Gasteiger partial charge in [-0.3, -0.25) is 0 Å². The fraction of sp³-hybridized carbons (Fsp3) is 0.750. The normalized spacial score (nSPS) is 19.1. The molecule has 1 aromatic heterocycles. The first kappa shape index (κ1) is 12.0. The molecule has 0 spiro atoms. The lowest BCUT2D eigenvalue weighted by molar-refractivity contribution is 0.531. The van der Waals surface area contributed by atoms with Crippen LogP contribution in [0.15, 0.2) is 6.20 Å². The summed E-state index contributed by atoms with van der Waals surface area (Å²) in [5.74, 6) is 0.997. The number of aromatic nitrogens is 2. The molecular formula is C12H21N3S. The standard InChI is InChI=1S/C12H21N3S/c1-10-14-8-11(15-10)7-13-9-12(16-2)5-3-4-6-12/h8,13H,3-7,9H2,1-2H3,(H,14,15). The van der Waals surface area contributed by atoms with Gasteiger partial charge in [-0.25, -0.2) is 4.98 Å². The molecule has 0 radical (unpaired) electrons. The number of imidazole rings is 1. The second kappa shape index (κ2) is 5.23. The van der Waals surface area contributed by atoms with Gasteiger partial charge in [0.1, 0.15) is 5.82 Å². The van der Waals surface area contributed by atoms with Crippen LogP contribution in [0.3, 0.4) is 0 Å². The number of aryl methyl sites for hydroxylation is 1. The van der Waals surface area contributed by atoms with E-state index in [1.54, 1.807) is 0 Å². The molecule has 1 heterocycles. The van der Waals surface area contributed by atoms with Gasteiger partial charge in [0.25, 0.3) is 0 Å². The predicted molar refractivity (Wildman–Crippen MR) is 69.7 cm³/mol. The van der Waals surface area contributed by atoms with Gasteiger partial charge in [0.05, 0.1) is 0 Å². The average Bonchev–Trinajstić information content (AvgIpc) is 2.89. The third kappa shape index (κ3) is 2.80. The second-order valence-corrected chi connectivity index (χ2v) is 5.97. The second-order valence-electron chi connectivity index (χ2n) is 4.69. The molecule has 1 saturated carbocycles. The highest BCUT2D eigenvalue weighted by Gasteiger charge is 2.32. The first-order valence-electron chi connectivity index (χ1n) is 6.00. The summed E-state index contributed by atoms with van der Waals surface area (Å²) >= 11 is 2.03. The van der Waals surface area contributed by atoms with Gasteiger partial charge in [0, 0.05) is 29.7 Å². The van der Waals surface area contributed by atoms with E-state index >= 15 is 0 Å². The molecule has 1 fully saturated rings. The van der Waals surface area contributed by atoms with Crippen LogP contribution in [0.1, 0.15) is 37.2 Å². The van der Waals surface area contributed by atoms with Crippen molar-refractivity contribution in [1.29, 1.82) is 0 Å². The highest BCUT2D eigenvalue weighted by atomic mass is 32.2. The van der Waals surface area contributed by atoms with Gasteiger partial charge in [0.15, 0.2) is 0 Å².